The third kappa shape index (κ3) is 5.07. The first kappa shape index (κ1) is 21.6. The normalized spacial score (nSPS) is 17.4. The van der Waals surface area contributed by atoms with Crippen LogP contribution in [0.4, 0.5) is 4.39 Å². The molecule has 0 saturated carbocycles. The summed E-state index contributed by atoms with van der Waals surface area (Å²) in [6, 6.07) is 4.77. The Morgan fingerprint density at radius 2 is 2.17 bits per heavy atom. The van der Waals surface area contributed by atoms with Crippen molar-refractivity contribution in [3.63, 3.8) is 0 Å². The quantitative estimate of drug-likeness (QED) is 0.572. The maximum absolute atomic E-state index is 13.4. The zero-order valence-electron chi connectivity index (χ0n) is 17.8. The second kappa shape index (κ2) is 8.69. The van der Waals surface area contributed by atoms with Crippen molar-refractivity contribution in [3.8, 4) is 0 Å². The largest absolute Gasteiger partial charge is 0.356 e. The molecule has 1 unspecified atom stereocenters. The molecule has 2 N–H and O–H groups in total. The van der Waals surface area contributed by atoms with Crippen LogP contribution in [0.2, 0.25) is 5.02 Å². The fraction of sp³-hybridized carbons (Fsp3) is 0.571. The van der Waals surface area contributed by atoms with Crippen LogP contribution in [0.15, 0.2) is 23.2 Å². The molecule has 2 aromatic rings. The van der Waals surface area contributed by atoms with Gasteiger partial charge in [-0.25, -0.2) is 14.1 Å². The van der Waals surface area contributed by atoms with E-state index < -0.39 is 0 Å². The van der Waals surface area contributed by atoms with Gasteiger partial charge in [0.1, 0.15) is 11.6 Å². The highest BCUT2D eigenvalue weighted by Crippen LogP contribution is 2.30. The van der Waals surface area contributed by atoms with Gasteiger partial charge in [-0.3, -0.25) is 4.99 Å². The third-order valence-corrected chi connectivity index (χ3v) is 5.63. The monoisotopic (exact) mass is 420 g/mol. The van der Waals surface area contributed by atoms with Crippen LogP contribution in [0.3, 0.4) is 0 Å². The first-order valence-corrected chi connectivity index (χ1v) is 10.4. The molecule has 0 spiro atoms. The Morgan fingerprint density at radius 1 is 1.41 bits per heavy atom. The van der Waals surface area contributed by atoms with Gasteiger partial charge in [-0.05, 0) is 24.1 Å². The number of nitrogens with zero attached hydrogens (tertiary/aromatic N) is 4. The second-order valence-electron chi connectivity index (χ2n) is 8.54. The molecule has 2 heterocycles. The lowest BCUT2D eigenvalue weighted by Gasteiger charge is -2.30. The van der Waals surface area contributed by atoms with Crippen molar-refractivity contribution in [2.45, 2.75) is 64.5 Å². The fourth-order valence-corrected chi connectivity index (χ4v) is 3.94. The molecule has 0 saturated heterocycles. The highest BCUT2D eigenvalue weighted by Gasteiger charge is 2.26. The van der Waals surface area contributed by atoms with Gasteiger partial charge in [-0.2, -0.15) is 5.10 Å². The van der Waals surface area contributed by atoms with E-state index in [1.807, 2.05) is 4.68 Å². The van der Waals surface area contributed by atoms with Crippen LogP contribution >= 0.6 is 11.6 Å². The summed E-state index contributed by atoms with van der Waals surface area (Å²) in [4.78, 5) is 9.00. The van der Waals surface area contributed by atoms with E-state index >= 15 is 0 Å². The van der Waals surface area contributed by atoms with Crippen LogP contribution in [0.5, 0.6) is 0 Å². The van der Waals surface area contributed by atoms with E-state index in [0.29, 0.717) is 17.5 Å². The summed E-state index contributed by atoms with van der Waals surface area (Å²) in [5.74, 6) is 2.69. The molecule has 0 radical (unpaired) electrons. The Labute approximate surface area is 177 Å². The minimum Gasteiger partial charge on any atom is -0.356 e. The Balaban J connectivity index is 1.61. The maximum atomic E-state index is 13.4. The van der Waals surface area contributed by atoms with Gasteiger partial charge < -0.3 is 10.6 Å². The number of fused-ring (bicyclic) bond motifs is 1. The molecule has 29 heavy (non-hydrogen) atoms. The third-order valence-electron chi connectivity index (χ3n) is 5.31. The van der Waals surface area contributed by atoms with Crippen molar-refractivity contribution in [2.24, 2.45) is 4.99 Å². The summed E-state index contributed by atoms with van der Waals surface area (Å²) in [5.41, 5.74) is 0.606. The molecule has 3 rings (SSSR count). The highest BCUT2D eigenvalue weighted by atomic mass is 35.5. The van der Waals surface area contributed by atoms with Crippen LogP contribution in [-0.2, 0) is 18.4 Å². The van der Waals surface area contributed by atoms with Gasteiger partial charge in [-0.1, -0.05) is 45.4 Å². The molecule has 1 aromatic carbocycles. The molecule has 1 aliphatic rings. The number of hydrogen-bond acceptors (Lipinski definition) is 3. The van der Waals surface area contributed by atoms with Gasteiger partial charge in [-0.15, -0.1) is 0 Å². The van der Waals surface area contributed by atoms with Crippen LogP contribution in [-0.4, -0.2) is 40.4 Å². The van der Waals surface area contributed by atoms with Crippen LogP contribution in [0.1, 0.15) is 57.2 Å². The molecule has 0 bridgehead atoms. The summed E-state index contributed by atoms with van der Waals surface area (Å²) in [5, 5.41) is 11.9. The van der Waals surface area contributed by atoms with E-state index in [9.17, 15) is 4.39 Å². The average molecular weight is 421 g/mol. The Kier molecular flexibility index (Phi) is 6.46. The first-order valence-electron chi connectivity index (χ1n) is 10.1. The van der Waals surface area contributed by atoms with E-state index in [0.717, 1.165) is 42.6 Å². The number of benzene rings is 1. The minimum atomic E-state index is -0.328. The van der Waals surface area contributed by atoms with Crippen molar-refractivity contribution in [1.29, 1.82) is 0 Å². The molecule has 1 aliphatic heterocycles. The number of aryl methyl sites for hydroxylation is 1. The summed E-state index contributed by atoms with van der Waals surface area (Å²) in [6.45, 7) is 9.74. The summed E-state index contributed by atoms with van der Waals surface area (Å²) in [6.07, 6.45) is 1.87. The lowest BCUT2D eigenvalue weighted by Crippen LogP contribution is -2.49. The highest BCUT2D eigenvalue weighted by molar-refractivity contribution is 6.31. The average Bonchev–Trinajstić information content (AvgIpc) is 3.08. The minimum absolute atomic E-state index is 0.230. The number of halogens is 2. The molecule has 0 amide bonds. The number of aromatic nitrogens is 3. The van der Waals surface area contributed by atoms with Gasteiger partial charge in [0.25, 0.3) is 0 Å². The Hall–Kier alpha value is -2.15. The smallest absolute Gasteiger partial charge is 0.191 e. The SMILES string of the molecule is CN=C(NCC(C)(C)c1ccc(F)cc1Cl)NC1CCc2nc(C(C)C)nn2C1. The topological polar surface area (TPSA) is 67.1 Å². The van der Waals surface area contributed by atoms with Gasteiger partial charge in [0.05, 0.1) is 6.54 Å². The molecular weight excluding hydrogens is 391 g/mol. The summed E-state index contributed by atoms with van der Waals surface area (Å²) < 4.78 is 15.4. The van der Waals surface area contributed by atoms with Gasteiger partial charge >= 0.3 is 0 Å². The van der Waals surface area contributed by atoms with Crippen LogP contribution in [0.25, 0.3) is 0 Å². The molecule has 6 nitrogen and oxygen atoms in total. The molecule has 8 heteroatoms. The van der Waals surface area contributed by atoms with E-state index in [1.165, 1.54) is 12.1 Å². The van der Waals surface area contributed by atoms with Crippen molar-refractivity contribution in [1.82, 2.24) is 25.4 Å². The lowest BCUT2D eigenvalue weighted by molar-refractivity contribution is 0.389. The van der Waals surface area contributed by atoms with Crippen molar-refractivity contribution in [3.05, 3.63) is 46.3 Å². The van der Waals surface area contributed by atoms with Crippen molar-refractivity contribution < 1.29 is 4.39 Å². The number of rotatable bonds is 5. The van der Waals surface area contributed by atoms with Crippen LogP contribution in [0, 0.1) is 5.82 Å². The predicted octanol–water partition coefficient (Wildman–Crippen LogP) is 3.65. The Bertz CT molecular complexity index is 889. The molecule has 0 aliphatic carbocycles. The molecule has 1 atom stereocenters. The standard InChI is InChI=1S/C21H30ClFN6/c1-13(2)19-27-18-9-7-15(11-29(18)28-19)26-20(24-5)25-12-21(3,4)16-8-6-14(23)10-17(16)22/h6,8,10,13,15H,7,9,11-12H2,1-5H3,(H2,24,25,26). The number of nitrogens with one attached hydrogen (secondary N) is 2. The van der Waals surface area contributed by atoms with Gasteiger partial charge in [0.15, 0.2) is 11.8 Å². The van der Waals surface area contributed by atoms with E-state index in [4.69, 9.17) is 11.6 Å². The molecule has 1 aromatic heterocycles. The Morgan fingerprint density at radius 3 is 2.83 bits per heavy atom. The molecular formula is C21H30ClFN6. The van der Waals surface area contributed by atoms with Gasteiger partial charge in [0.2, 0.25) is 0 Å². The number of guanidine groups is 1. The lowest BCUT2D eigenvalue weighted by atomic mass is 9.84. The van der Waals surface area contributed by atoms with E-state index in [-0.39, 0.29) is 17.3 Å². The maximum Gasteiger partial charge on any atom is 0.191 e. The fourth-order valence-electron chi connectivity index (χ4n) is 3.52. The molecule has 158 valence electrons. The summed E-state index contributed by atoms with van der Waals surface area (Å²) >= 11 is 6.26. The van der Waals surface area contributed by atoms with Crippen molar-refractivity contribution >= 4 is 17.6 Å². The number of hydrogen-bond donors (Lipinski definition) is 2. The zero-order valence-corrected chi connectivity index (χ0v) is 18.5. The van der Waals surface area contributed by atoms with Crippen molar-refractivity contribution in [2.75, 3.05) is 13.6 Å². The zero-order chi connectivity index (χ0) is 21.2. The van der Waals surface area contributed by atoms with Crippen LogP contribution < -0.4 is 10.6 Å². The second-order valence-corrected chi connectivity index (χ2v) is 8.94. The van der Waals surface area contributed by atoms with E-state index in [1.54, 1.807) is 13.1 Å². The van der Waals surface area contributed by atoms with Gasteiger partial charge in [0, 0.05) is 42.4 Å². The predicted molar refractivity (Wildman–Crippen MR) is 115 cm³/mol. The summed E-state index contributed by atoms with van der Waals surface area (Å²) in [7, 11) is 1.76. The molecule has 0 fully saturated rings. The van der Waals surface area contributed by atoms with E-state index in [2.05, 4.69) is 53.4 Å². The number of aliphatic imine (C=N–C) groups is 1. The first-order chi connectivity index (χ1) is 13.7.